The van der Waals surface area contributed by atoms with E-state index in [9.17, 15) is 24.0 Å². The summed E-state index contributed by atoms with van der Waals surface area (Å²) in [7, 11) is 0. The molecule has 0 atom stereocenters. The molecular formula is C23H37N5O6. The molecule has 1 N–H and O–H groups in total. The molecule has 0 aliphatic rings. The van der Waals surface area contributed by atoms with E-state index in [0.29, 0.717) is 38.8 Å². The average Bonchev–Trinajstić information content (AvgIpc) is 2.83. The first-order valence-electron chi connectivity index (χ1n) is 12.2. The van der Waals surface area contributed by atoms with E-state index in [1.807, 2.05) is 0 Å². The summed E-state index contributed by atoms with van der Waals surface area (Å²) >= 11 is 0. The number of hydrogen-bond acceptors (Lipinski definition) is 8. The predicted octanol–water partition coefficient (Wildman–Crippen LogP) is 1.52. The molecule has 0 saturated heterocycles. The van der Waals surface area contributed by atoms with Crippen LogP contribution in [0.25, 0.3) is 0 Å². The number of unbranched alkanes of at least 4 members (excludes halogenated alkanes) is 9. The first kappa shape index (κ1) is 29.2. The van der Waals surface area contributed by atoms with Gasteiger partial charge in [0, 0.05) is 26.2 Å². The number of carbonyl (C=O) groups excluding carboxylic acids is 2. The summed E-state index contributed by atoms with van der Waals surface area (Å²) in [4.78, 5) is 66.0. The van der Waals surface area contributed by atoms with Crippen LogP contribution in [0.1, 0.15) is 77.0 Å². The molecule has 11 nitrogen and oxygen atoms in total. The maximum Gasteiger partial charge on any atom is 0.336 e. The van der Waals surface area contributed by atoms with Gasteiger partial charge in [0.15, 0.2) is 0 Å². The third kappa shape index (κ3) is 10.8. The molecule has 1 aromatic heterocycles. The van der Waals surface area contributed by atoms with Crippen LogP contribution in [0.3, 0.4) is 0 Å². The fourth-order valence-electron chi connectivity index (χ4n) is 3.71. The summed E-state index contributed by atoms with van der Waals surface area (Å²) in [6.45, 7) is 1.63. The molecule has 34 heavy (non-hydrogen) atoms. The van der Waals surface area contributed by atoms with Gasteiger partial charge in [-0.1, -0.05) is 38.5 Å². The van der Waals surface area contributed by atoms with Crippen molar-refractivity contribution in [3.8, 4) is 0 Å². The lowest BCUT2D eigenvalue weighted by Crippen LogP contribution is -2.54. The summed E-state index contributed by atoms with van der Waals surface area (Å²) < 4.78 is 3.45. The summed E-state index contributed by atoms with van der Waals surface area (Å²) in [5.41, 5.74) is -1.74. The van der Waals surface area contributed by atoms with Gasteiger partial charge in [-0.15, -0.1) is 0 Å². The molecule has 0 saturated carbocycles. The van der Waals surface area contributed by atoms with Gasteiger partial charge >= 0.3 is 17.1 Å². The minimum Gasteiger partial charge on any atom is -0.396 e. The first-order valence-corrected chi connectivity index (χ1v) is 12.2. The SMILES string of the molecule is O=C=NCCCCCCn1c(=O)n(CCCCCCO)c(=O)n(CCCCCCN=C=O)c1=O. The van der Waals surface area contributed by atoms with Crippen LogP contribution in [0.15, 0.2) is 24.4 Å². The molecular weight excluding hydrogens is 442 g/mol. The lowest BCUT2D eigenvalue weighted by molar-refractivity contribution is 0.281. The van der Waals surface area contributed by atoms with E-state index in [1.54, 1.807) is 0 Å². The minimum absolute atomic E-state index is 0.112. The van der Waals surface area contributed by atoms with Gasteiger partial charge in [-0.25, -0.2) is 47.7 Å². The van der Waals surface area contributed by atoms with Gasteiger partial charge in [-0.2, -0.15) is 0 Å². The largest absolute Gasteiger partial charge is 0.396 e. The van der Waals surface area contributed by atoms with E-state index < -0.39 is 17.1 Å². The molecule has 0 aromatic carbocycles. The smallest absolute Gasteiger partial charge is 0.336 e. The standard InChI is InChI=1S/C23H37N5O6/c29-18-12-6-5-11-17-28-22(33)26(15-9-3-1-7-13-24-19-30)21(32)27(23(28)34)16-10-4-2-8-14-25-20-31/h29H,1-18H2. The Morgan fingerprint density at radius 2 is 0.853 bits per heavy atom. The summed E-state index contributed by atoms with van der Waals surface area (Å²) in [6, 6.07) is 0. The second kappa shape index (κ2) is 18.5. The number of aliphatic hydroxyl groups is 1. The maximum atomic E-state index is 13.0. The van der Waals surface area contributed by atoms with Crippen molar-refractivity contribution in [2.24, 2.45) is 9.98 Å². The number of aromatic nitrogens is 3. The summed E-state index contributed by atoms with van der Waals surface area (Å²) in [5.74, 6) is 0. The molecule has 1 aromatic rings. The van der Waals surface area contributed by atoms with Crippen LogP contribution < -0.4 is 17.1 Å². The molecule has 0 radical (unpaired) electrons. The van der Waals surface area contributed by atoms with Crippen LogP contribution in [-0.4, -0.2) is 50.7 Å². The lowest BCUT2D eigenvalue weighted by atomic mass is 10.2. The van der Waals surface area contributed by atoms with Crippen molar-refractivity contribution in [2.75, 3.05) is 19.7 Å². The topological polar surface area (TPSA) is 145 Å². The molecule has 0 spiro atoms. The van der Waals surface area contributed by atoms with E-state index in [2.05, 4.69) is 9.98 Å². The van der Waals surface area contributed by atoms with Crippen molar-refractivity contribution in [3.63, 3.8) is 0 Å². The van der Waals surface area contributed by atoms with Gasteiger partial charge in [0.25, 0.3) is 0 Å². The van der Waals surface area contributed by atoms with Gasteiger partial charge in [-0.05, 0) is 38.5 Å². The van der Waals surface area contributed by atoms with E-state index >= 15 is 0 Å². The average molecular weight is 480 g/mol. The minimum atomic E-state index is -0.581. The highest BCUT2D eigenvalue weighted by Crippen LogP contribution is 2.03. The van der Waals surface area contributed by atoms with E-state index in [0.717, 1.165) is 65.1 Å². The second-order valence-corrected chi connectivity index (χ2v) is 8.21. The monoisotopic (exact) mass is 479 g/mol. The van der Waals surface area contributed by atoms with Crippen LogP contribution in [0.5, 0.6) is 0 Å². The molecule has 190 valence electrons. The van der Waals surface area contributed by atoms with Crippen molar-refractivity contribution in [1.82, 2.24) is 13.7 Å². The molecule has 0 aliphatic heterocycles. The van der Waals surface area contributed by atoms with Crippen molar-refractivity contribution in [1.29, 1.82) is 0 Å². The van der Waals surface area contributed by atoms with Crippen LogP contribution in [0.4, 0.5) is 0 Å². The van der Waals surface area contributed by atoms with Crippen LogP contribution in [0.2, 0.25) is 0 Å². The highest BCUT2D eigenvalue weighted by Gasteiger charge is 2.15. The van der Waals surface area contributed by atoms with Crippen molar-refractivity contribution < 1.29 is 14.7 Å². The van der Waals surface area contributed by atoms with E-state index in [1.165, 1.54) is 12.2 Å². The van der Waals surface area contributed by atoms with Crippen LogP contribution >= 0.6 is 0 Å². The van der Waals surface area contributed by atoms with Gasteiger partial charge in [0.05, 0.1) is 13.1 Å². The predicted molar refractivity (Wildman–Crippen MR) is 128 cm³/mol. The third-order valence-corrected chi connectivity index (χ3v) is 5.61. The molecule has 0 bridgehead atoms. The number of nitrogens with zero attached hydrogens (tertiary/aromatic N) is 5. The third-order valence-electron chi connectivity index (χ3n) is 5.61. The quantitative estimate of drug-likeness (QED) is 0.170. The highest BCUT2D eigenvalue weighted by molar-refractivity contribution is 5.32. The van der Waals surface area contributed by atoms with Gasteiger partial charge < -0.3 is 5.11 Å². The molecule has 0 amide bonds. The first-order chi connectivity index (χ1) is 16.6. The molecule has 0 aliphatic carbocycles. The summed E-state index contributed by atoms with van der Waals surface area (Å²) in [5, 5.41) is 8.91. The second-order valence-electron chi connectivity index (χ2n) is 8.21. The molecule has 11 heteroatoms. The van der Waals surface area contributed by atoms with E-state index in [-0.39, 0.29) is 26.2 Å². The van der Waals surface area contributed by atoms with Crippen molar-refractivity contribution >= 4 is 12.2 Å². The van der Waals surface area contributed by atoms with Crippen LogP contribution in [-0.2, 0) is 29.2 Å². The lowest BCUT2D eigenvalue weighted by Gasteiger charge is -2.14. The normalized spacial score (nSPS) is 10.6. The number of aliphatic imine (C=N–C) groups is 2. The molecule has 0 fully saturated rings. The number of aliphatic hydroxyl groups excluding tert-OH is 1. The Morgan fingerprint density at radius 1 is 0.529 bits per heavy atom. The molecule has 0 unspecified atom stereocenters. The van der Waals surface area contributed by atoms with Gasteiger partial charge in [0.1, 0.15) is 0 Å². The summed E-state index contributed by atoms with van der Waals surface area (Å²) in [6.07, 6.45) is 11.7. The van der Waals surface area contributed by atoms with E-state index in [4.69, 9.17) is 5.11 Å². The fraction of sp³-hybridized carbons (Fsp3) is 0.783. The number of hydrogen-bond donors (Lipinski definition) is 1. The molecule has 1 rings (SSSR count). The highest BCUT2D eigenvalue weighted by atomic mass is 16.3. The van der Waals surface area contributed by atoms with Crippen molar-refractivity contribution in [3.05, 3.63) is 31.5 Å². The number of isocyanates is 2. The zero-order chi connectivity index (χ0) is 25.0. The Balaban J connectivity index is 2.90. The van der Waals surface area contributed by atoms with Gasteiger partial charge in [0.2, 0.25) is 12.2 Å². The Hall–Kier alpha value is -2.87. The van der Waals surface area contributed by atoms with Crippen molar-refractivity contribution in [2.45, 2.75) is 96.7 Å². The number of rotatable bonds is 20. The Morgan fingerprint density at radius 3 is 1.18 bits per heavy atom. The molecule has 1 heterocycles. The Labute approximate surface area is 198 Å². The Kier molecular flexibility index (Phi) is 15.9. The van der Waals surface area contributed by atoms with Gasteiger partial charge in [-0.3, -0.25) is 0 Å². The zero-order valence-corrected chi connectivity index (χ0v) is 20.0. The maximum absolute atomic E-state index is 13.0. The fourth-order valence-corrected chi connectivity index (χ4v) is 3.71. The van der Waals surface area contributed by atoms with Crippen LogP contribution in [0, 0.1) is 0 Å². The zero-order valence-electron chi connectivity index (χ0n) is 20.0. The Bertz CT molecular complexity index is 915.